The van der Waals surface area contributed by atoms with Gasteiger partial charge in [-0.3, -0.25) is 14.4 Å². The van der Waals surface area contributed by atoms with Crippen LogP contribution in [-0.4, -0.2) is 42.4 Å². The first kappa shape index (κ1) is 17.9. The second kappa shape index (κ2) is 8.42. The Labute approximate surface area is 140 Å². The molecule has 1 unspecified atom stereocenters. The van der Waals surface area contributed by atoms with E-state index >= 15 is 0 Å². The van der Waals surface area contributed by atoms with E-state index in [0.29, 0.717) is 31.6 Å². The predicted molar refractivity (Wildman–Crippen MR) is 84.2 cm³/mol. The highest BCUT2D eigenvalue weighted by Gasteiger charge is 2.31. The first-order valence-electron chi connectivity index (χ1n) is 7.99. The van der Waals surface area contributed by atoms with Gasteiger partial charge in [0.1, 0.15) is 5.82 Å². The lowest BCUT2D eigenvalue weighted by Gasteiger charge is -2.30. The average molecular weight is 336 g/mol. The molecular weight excluding hydrogens is 315 g/mol. The van der Waals surface area contributed by atoms with Gasteiger partial charge in [-0.1, -0.05) is 12.1 Å². The first-order valence-corrected chi connectivity index (χ1v) is 7.99. The van der Waals surface area contributed by atoms with E-state index in [1.807, 2.05) is 0 Å². The molecule has 7 heteroatoms. The van der Waals surface area contributed by atoms with Crippen LogP contribution in [0.5, 0.6) is 0 Å². The summed E-state index contributed by atoms with van der Waals surface area (Å²) in [5, 5.41) is 2.52. The third kappa shape index (κ3) is 4.78. The number of halogens is 1. The van der Waals surface area contributed by atoms with Gasteiger partial charge in [0.15, 0.2) is 0 Å². The molecule has 2 rings (SSSR count). The number of amides is 2. The van der Waals surface area contributed by atoms with E-state index in [1.54, 1.807) is 6.92 Å². The standard InChI is InChI=1S/C17H21FN2O4/c1-2-24-17(23)13-4-3-9-20(11-13)16(22)15(21)19-10-12-5-7-14(18)8-6-12/h5-8,13H,2-4,9-11H2,1H3,(H,19,21). The quantitative estimate of drug-likeness (QED) is 0.663. The van der Waals surface area contributed by atoms with Crippen LogP contribution in [0.2, 0.25) is 0 Å². The summed E-state index contributed by atoms with van der Waals surface area (Å²) in [6, 6.07) is 5.66. The Hall–Kier alpha value is -2.44. The van der Waals surface area contributed by atoms with Crippen molar-refractivity contribution in [2.24, 2.45) is 5.92 Å². The molecule has 1 heterocycles. The average Bonchev–Trinajstić information content (AvgIpc) is 2.60. The number of nitrogens with zero attached hydrogens (tertiary/aromatic N) is 1. The summed E-state index contributed by atoms with van der Waals surface area (Å²) in [6.07, 6.45) is 1.31. The fraction of sp³-hybridized carbons (Fsp3) is 0.471. The summed E-state index contributed by atoms with van der Waals surface area (Å²) in [4.78, 5) is 37.4. The monoisotopic (exact) mass is 336 g/mol. The smallest absolute Gasteiger partial charge is 0.311 e. The van der Waals surface area contributed by atoms with Crippen molar-refractivity contribution >= 4 is 17.8 Å². The molecule has 1 fully saturated rings. The van der Waals surface area contributed by atoms with Crippen molar-refractivity contribution in [3.8, 4) is 0 Å². The Morgan fingerprint density at radius 2 is 2.00 bits per heavy atom. The molecule has 24 heavy (non-hydrogen) atoms. The van der Waals surface area contributed by atoms with E-state index in [9.17, 15) is 18.8 Å². The lowest BCUT2D eigenvalue weighted by Crippen LogP contribution is -2.48. The molecule has 0 saturated carbocycles. The predicted octanol–water partition coefficient (Wildman–Crippen LogP) is 1.24. The van der Waals surface area contributed by atoms with Crippen LogP contribution in [-0.2, 0) is 25.7 Å². The van der Waals surface area contributed by atoms with E-state index in [1.165, 1.54) is 29.2 Å². The molecule has 6 nitrogen and oxygen atoms in total. The second-order valence-electron chi connectivity index (χ2n) is 5.65. The summed E-state index contributed by atoms with van der Waals surface area (Å²) in [7, 11) is 0. The van der Waals surface area contributed by atoms with Crippen LogP contribution in [0.4, 0.5) is 4.39 Å². The molecular formula is C17H21FN2O4. The SMILES string of the molecule is CCOC(=O)C1CCCN(C(=O)C(=O)NCc2ccc(F)cc2)C1. The van der Waals surface area contributed by atoms with E-state index < -0.39 is 11.8 Å². The topological polar surface area (TPSA) is 75.7 Å². The molecule has 1 N–H and O–H groups in total. The molecule has 1 aromatic rings. The van der Waals surface area contributed by atoms with E-state index in [2.05, 4.69) is 5.32 Å². The second-order valence-corrected chi connectivity index (χ2v) is 5.65. The molecule has 0 aromatic heterocycles. The number of rotatable bonds is 4. The summed E-state index contributed by atoms with van der Waals surface area (Å²) < 4.78 is 17.8. The van der Waals surface area contributed by atoms with Gasteiger partial charge in [-0.25, -0.2) is 4.39 Å². The van der Waals surface area contributed by atoms with Crippen LogP contribution in [0.15, 0.2) is 24.3 Å². The van der Waals surface area contributed by atoms with Crippen LogP contribution in [0, 0.1) is 11.7 Å². The number of hydrogen-bond acceptors (Lipinski definition) is 4. The van der Waals surface area contributed by atoms with Crippen molar-refractivity contribution in [2.45, 2.75) is 26.3 Å². The minimum atomic E-state index is -0.733. The Kier molecular flexibility index (Phi) is 6.28. The van der Waals surface area contributed by atoms with Gasteiger partial charge in [0.25, 0.3) is 0 Å². The Bertz CT molecular complexity index is 603. The van der Waals surface area contributed by atoms with Gasteiger partial charge >= 0.3 is 17.8 Å². The van der Waals surface area contributed by atoms with Crippen molar-refractivity contribution in [2.75, 3.05) is 19.7 Å². The van der Waals surface area contributed by atoms with Crippen molar-refractivity contribution in [3.63, 3.8) is 0 Å². The van der Waals surface area contributed by atoms with Gasteiger partial charge in [-0.2, -0.15) is 0 Å². The third-order valence-corrected chi connectivity index (χ3v) is 3.89. The summed E-state index contributed by atoms with van der Waals surface area (Å²) in [5.74, 6) is -2.47. The minimum Gasteiger partial charge on any atom is -0.466 e. The van der Waals surface area contributed by atoms with Crippen LogP contribution >= 0.6 is 0 Å². The van der Waals surface area contributed by atoms with Gasteiger partial charge in [0.05, 0.1) is 12.5 Å². The van der Waals surface area contributed by atoms with Gasteiger partial charge < -0.3 is 15.0 Å². The van der Waals surface area contributed by atoms with Gasteiger partial charge in [-0.15, -0.1) is 0 Å². The zero-order valence-electron chi connectivity index (χ0n) is 13.6. The van der Waals surface area contributed by atoms with Crippen molar-refractivity contribution in [3.05, 3.63) is 35.6 Å². The van der Waals surface area contributed by atoms with Gasteiger partial charge in [-0.05, 0) is 37.5 Å². The highest BCUT2D eigenvalue weighted by molar-refractivity contribution is 6.35. The van der Waals surface area contributed by atoms with E-state index in [4.69, 9.17) is 4.74 Å². The maximum absolute atomic E-state index is 12.8. The molecule has 1 aliphatic rings. The van der Waals surface area contributed by atoms with Crippen LogP contribution < -0.4 is 5.32 Å². The number of esters is 1. The number of carbonyl (C=O) groups is 3. The first-order chi connectivity index (χ1) is 11.5. The molecule has 0 spiro atoms. The highest BCUT2D eigenvalue weighted by Crippen LogP contribution is 2.18. The number of likely N-dealkylation sites (tertiary alicyclic amines) is 1. The molecule has 1 saturated heterocycles. The van der Waals surface area contributed by atoms with Gasteiger partial charge in [0, 0.05) is 19.6 Å². The van der Waals surface area contributed by atoms with Crippen LogP contribution in [0.25, 0.3) is 0 Å². The van der Waals surface area contributed by atoms with Gasteiger partial charge in [0.2, 0.25) is 0 Å². The number of carbonyl (C=O) groups excluding carboxylic acids is 3. The maximum Gasteiger partial charge on any atom is 0.311 e. The summed E-state index contributed by atoms with van der Waals surface area (Å²) in [6.45, 7) is 2.80. The Morgan fingerprint density at radius 3 is 2.67 bits per heavy atom. The highest BCUT2D eigenvalue weighted by atomic mass is 19.1. The molecule has 1 aromatic carbocycles. The Balaban J connectivity index is 1.86. The molecule has 1 atom stereocenters. The van der Waals surface area contributed by atoms with E-state index in [0.717, 1.165) is 0 Å². The van der Waals surface area contributed by atoms with Crippen molar-refractivity contribution in [1.29, 1.82) is 0 Å². The zero-order chi connectivity index (χ0) is 17.5. The zero-order valence-corrected chi connectivity index (χ0v) is 13.6. The third-order valence-electron chi connectivity index (χ3n) is 3.89. The molecule has 2 amide bonds. The lowest BCUT2D eigenvalue weighted by atomic mass is 9.98. The minimum absolute atomic E-state index is 0.139. The molecule has 0 bridgehead atoms. The largest absolute Gasteiger partial charge is 0.466 e. The number of ether oxygens (including phenoxy) is 1. The number of hydrogen-bond donors (Lipinski definition) is 1. The van der Waals surface area contributed by atoms with E-state index in [-0.39, 0.29) is 30.8 Å². The fourth-order valence-electron chi connectivity index (χ4n) is 2.62. The normalized spacial score (nSPS) is 17.2. The number of piperidine rings is 1. The summed E-state index contributed by atoms with van der Waals surface area (Å²) >= 11 is 0. The van der Waals surface area contributed by atoms with Crippen molar-refractivity contribution < 1.29 is 23.5 Å². The molecule has 1 aliphatic heterocycles. The fourth-order valence-corrected chi connectivity index (χ4v) is 2.62. The molecule has 0 radical (unpaired) electrons. The van der Waals surface area contributed by atoms with Crippen LogP contribution in [0.1, 0.15) is 25.3 Å². The van der Waals surface area contributed by atoms with Crippen LogP contribution in [0.3, 0.4) is 0 Å². The molecule has 130 valence electrons. The molecule has 0 aliphatic carbocycles. The summed E-state index contributed by atoms with van der Waals surface area (Å²) in [5.41, 5.74) is 0.695. The Morgan fingerprint density at radius 1 is 1.29 bits per heavy atom. The van der Waals surface area contributed by atoms with Crippen molar-refractivity contribution in [1.82, 2.24) is 10.2 Å². The lowest BCUT2D eigenvalue weighted by molar-refractivity contribution is -0.154. The number of nitrogens with one attached hydrogen (secondary N) is 1. The maximum atomic E-state index is 12.8. The number of benzene rings is 1.